The number of benzene rings is 5. The molecule has 14 amide bonds. The van der Waals surface area contributed by atoms with Gasteiger partial charge in [0.1, 0.15) is 60.0 Å². The molecule has 0 aliphatic carbocycles. The second kappa shape index (κ2) is 46.0. The van der Waals surface area contributed by atoms with E-state index in [0.29, 0.717) is 36.0 Å². The molecular formula is C82H108N14O20. The second-order valence-electron chi connectivity index (χ2n) is 29.3. The van der Waals surface area contributed by atoms with Gasteiger partial charge in [0, 0.05) is 19.5 Å². The number of hydrogen-bond acceptors (Lipinski definition) is 20. The fraction of sp³-hybridized carbons (Fsp3) is 0.463. The van der Waals surface area contributed by atoms with Crippen LogP contribution in [0.5, 0.6) is 0 Å². The molecular weight excluding hydrogens is 1500 g/mol. The zero-order chi connectivity index (χ0) is 84.4. The molecule has 34 heteroatoms. The Morgan fingerprint density at radius 1 is 0.414 bits per heavy atom. The van der Waals surface area contributed by atoms with E-state index in [-0.39, 0.29) is 52.5 Å². The Morgan fingerprint density at radius 2 is 0.802 bits per heavy atom. The fourth-order valence-electron chi connectivity index (χ4n) is 12.7. The predicted octanol–water partition coefficient (Wildman–Crippen LogP) is 1.27. The van der Waals surface area contributed by atoms with Gasteiger partial charge in [0.25, 0.3) is 0 Å². The predicted molar refractivity (Wildman–Crippen MR) is 421 cm³/mol. The number of primary amides is 3. The van der Waals surface area contributed by atoms with E-state index in [1.807, 2.05) is 24.3 Å². The van der Waals surface area contributed by atoms with Gasteiger partial charge in [-0.1, -0.05) is 152 Å². The van der Waals surface area contributed by atoms with E-state index in [4.69, 9.17) is 45.6 Å². The lowest BCUT2D eigenvalue weighted by Crippen LogP contribution is -2.63. The summed E-state index contributed by atoms with van der Waals surface area (Å²) in [4.78, 5) is 198. The highest BCUT2D eigenvalue weighted by Gasteiger charge is 2.44. The number of nitrogens with two attached hydrogens (primary N) is 3. The van der Waals surface area contributed by atoms with Crippen LogP contribution in [0.4, 0.5) is 4.79 Å². The van der Waals surface area contributed by atoms with Crippen LogP contribution in [-0.4, -0.2) is 210 Å². The fourth-order valence-corrected chi connectivity index (χ4v) is 12.7. The summed E-state index contributed by atoms with van der Waals surface area (Å²) in [6, 6.07) is 30.5. The maximum atomic E-state index is 15.0. The van der Waals surface area contributed by atoms with Crippen LogP contribution in [0, 0.1) is 0 Å². The summed E-state index contributed by atoms with van der Waals surface area (Å²) in [6.45, 7) is 8.73. The van der Waals surface area contributed by atoms with Crippen LogP contribution >= 0.6 is 0 Å². The SMILES string of the molecule is C[C@@H](OCc1ccccc1)[C@H](NC(=O)[C@H](CC(N)=O)NC(=O)[C@@H](NC(=O)[C@H](CCC(N)=O)NC(=O)[C@@H]1CCCN1C(=O)[C@@H](NC(=O)OC(C)(C)C)[C@@H](C)OCc1ccccc1)[C@@H](C)OCc1ccccc1)C(=O)NCC(=O)N[C@@H](COCc1ccccc1)C(=O)NCC(=O)N[C@H](C(=O)N1CCC[C@H]1C(N)=O)[C@@H](C)OCc1ccccc1. The summed E-state index contributed by atoms with van der Waals surface area (Å²) in [7, 11) is 0. The first-order chi connectivity index (χ1) is 55.3. The Bertz CT molecular complexity index is 4110. The summed E-state index contributed by atoms with van der Waals surface area (Å²) in [6.07, 6.45) is -6.20. The van der Waals surface area contributed by atoms with Gasteiger partial charge in [-0.15, -0.1) is 0 Å². The van der Waals surface area contributed by atoms with Crippen LogP contribution in [0.15, 0.2) is 152 Å². The van der Waals surface area contributed by atoms with E-state index in [1.54, 1.807) is 162 Å². The van der Waals surface area contributed by atoms with E-state index < -0.39 is 206 Å². The van der Waals surface area contributed by atoms with Crippen molar-refractivity contribution < 1.29 is 95.5 Å². The summed E-state index contributed by atoms with van der Waals surface area (Å²) in [5.41, 5.74) is 19.5. The summed E-state index contributed by atoms with van der Waals surface area (Å²) in [5.74, 6) is -12.3. The molecule has 7 rings (SSSR count). The summed E-state index contributed by atoms with van der Waals surface area (Å²) < 4.78 is 35.8. The Morgan fingerprint density at radius 3 is 1.23 bits per heavy atom. The molecule has 0 bridgehead atoms. The molecule has 116 heavy (non-hydrogen) atoms. The van der Waals surface area contributed by atoms with Crippen molar-refractivity contribution in [3.05, 3.63) is 179 Å². The number of alkyl carbamates (subject to hydrolysis) is 1. The van der Waals surface area contributed by atoms with Crippen LogP contribution in [0.3, 0.4) is 0 Å². The van der Waals surface area contributed by atoms with Gasteiger partial charge < -0.3 is 103 Å². The Hall–Kier alpha value is -11.7. The first kappa shape index (κ1) is 91.5. The van der Waals surface area contributed by atoms with Crippen molar-refractivity contribution in [3.63, 3.8) is 0 Å². The van der Waals surface area contributed by atoms with Gasteiger partial charge in [0.15, 0.2) is 0 Å². The number of hydrogen-bond donors (Lipinski definition) is 12. The molecule has 0 unspecified atom stereocenters. The van der Waals surface area contributed by atoms with Gasteiger partial charge in [-0.2, -0.15) is 0 Å². The maximum absolute atomic E-state index is 15.0. The van der Waals surface area contributed by atoms with E-state index in [2.05, 4.69) is 47.9 Å². The number of nitrogens with one attached hydrogen (secondary N) is 9. The highest BCUT2D eigenvalue weighted by Crippen LogP contribution is 2.24. The highest BCUT2D eigenvalue weighted by atomic mass is 16.6. The monoisotopic (exact) mass is 1610 g/mol. The molecule has 2 fully saturated rings. The van der Waals surface area contributed by atoms with Gasteiger partial charge in [-0.3, -0.25) is 62.3 Å². The van der Waals surface area contributed by atoms with Crippen molar-refractivity contribution in [1.29, 1.82) is 0 Å². The molecule has 2 saturated heterocycles. The largest absolute Gasteiger partial charge is 0.444 e. The average Bonchev–Trinajstić information content (AvgIpc) is 1.63. The molecule has 0 saturated carbocycles. The second-order valence-corrected chi connectivity index (χ2v) is 29.3. The minimum atomic E-state index is -1.95. The Kier molecular flexibility index (Phi) is 36.3. The molecule has 13 atom stereocenters. The molecule has 626 valence electrons. The van der Waals surface area contributed by atoms with Crippen LogP contribution in [0.1, 0.15) is 121 Å². The van der Waals surface area contributed by atoms with Gasteiger partial charge >= 0.3 is 6.09 Å². The summed E-state index contributed by atoms with van der Waals surface area (Å²) in [5, 5.41) is 22.8. The number of nitrogens with zero attached hydrogens (tertiary/aromatic N) is 2. The third kappa shape index (κ3) is 30.2. The van der Waals surface area contributed by atoms with Crippen molar-refractivity contribution in [2.75, 3.05) is 32.8 Å². The van der Waals surface area contributed by atoms with Crippen LogP contribution in [0.2, 0.25) is 0 Å². The molecule has 0 aromatic heterocycles. The lowest BCUT2D eigenvalue weighted by molar-refractivity contribution is -0.144. The van der Waals surface area contributed by atoms with E-state index >= 15 is 4.79 Å². The van der Waals surface area contributed by atoms with Crippen LogP contribution in [0.25, 0.3) is 0 Å². The van der Waals surface area contributed by atoms with Gasteiger partial charge in [-0.25, -0.2) is 4.79 Å². The quantitative estimate of drug-likeness (QED) is 0.0261. The van der Waals surface area contributed by atoms with Crippen molar-refractivity contribution >= 4 is 82.9 Å². The molecule has 5 aromatic rings. The molecule has 2 aliphatic rings. The van der Waals surface area contributed by atoms with Crippen molar-refractivity contribution in [1.82, 2.24) is 57.7 Å². The first-order valence-electron chi connectivity index (χ1n) is 38.4. The number of likely N-dealkylation sites (tertiary alicyclic amines) is 2. The van der Waals surface area contributed by atoms with E-state index in [1.165, 1.54) is 23.6 Å². The number of carbonyl (C=O) groups is 14. The van der Waals surface area contributed by atoms with Gasteiger partial charge in [0.2, 0.25) is 76.8 Å². The van der Waals surface area contributed by atoms with Crippen molar-refractivity contribution in [2.24, 2.45) is 17.2 Å². The standard InChI is InChI=1S/C82H108N14O20/c1-50(112-45-55-27-15-9-16-28-55)68(77(106)87-42-66(99)88-61(49-111-44-54-25-13-8-14-26-54)73(102)86-43-67(100)91-70(52(3)114-47-57-31-19-11-20-32-57)79(108)95-39-23-35-62(95)72(85)101)92-75(104)60(41-65(84)98)90-78(107)69(51(2)113-46-56-29-17-10-18-30-56)93-74(103)59(37-38-64(83)97)89-76(105)63-36-24-40-96(63)80(109)71(94-81(110)116-82(5,6)7)53(4)115-48-58-33-21-12-22-34-58/h8-22,25-34,50-53,59-63,68-71H,23-24,35-49H2,1-7H3,(H2,83,97)(H2,84,98)(H2,85,101)(H,86,102)(H,87,106)(H,88,99)(H,89,105)(H,90,107)(H,91,100)(H,92,104)(H,93,103)(H,94,110)/t50-,51-,52-,53-,59+,60+,61+,62+,63+,68+,69+,70+,71+/m1/s1. The molecule has 2 aliphatic heterocycles. The molecule has 0 spiro atoms. The lowest BCUT2D eigenvalue weighted by atomic mass is 10.0. The number of rotatable bonds is 45. The zero-order valence-electron chi connectivity index (χ0n) is 66.3. The smallest absolute Gasteiger partial charge is 0.408 e. The first-order valence-corrected chi connectivity index (χ1v) is 38.4. The van der Waals surface area contributed by atoms with Crippen molar-refractivity contribution in [3.8, 4) is 0 Å². The van der Waals surface area contributed by atoms with E-state index in [0.717, 1.165) is 11.1 Å². The zero-order valence-corrected chi connectivity index (χ0v) is 66.3. The molecule has 0 radical (unpaired) electrons. The van der Waals surface area contributed by atoms with E-state index in [9.17, 15) is 62.3 Å². The third-order valence-electron chi connectivity index (χ3n) is 18.9. The average molecular weight is 1610 g/mol. The highest BCUT2D eigenvalue weighted by molar-refractivity contribution is 6.00. The third-order valence-corrected chi connectivity index (χ3v) is 18.9. The minimum absolute atomic E-state index is 0.0273. The van der Waals surface area contributed by atoms with Gasteiger partial charge in [0.05, 0.1) is 83.6 Å². The Balaban J connectivity index is 1.08. The summed E-state index contributed by atoms with van der Waals surface area (Å²) >= 11 is 0. The Labute approximate surface area is 673 Å². The topological polar surface area (TPSA) is 487 Å². The molecule has 5 aromatic carbocycles. The number of amides is 14. The minimum Gasteiger partial charge on any atom is -0.444 e. The lowest BCUT2D eigenvalue weighted by Gasteiger charge is -2.33. The molecule has 34 nitrogen and oxygen atoms in total. The van der Waals surface area contributed by atoms with Crippen LogP contribution < -0.4 is 65.1 Å². The van der Waals surface area contributed by atoms with Gasteiger partial charge in [-0.05, 0) is 108 Å². The van der Waals surface area contributed by atoms with Crippen molar-refractivity contribution in [2.45, 2.75) is 211 Å². The number of carbonyl (C=O) groups excluding carboxylic acids is 14. The molecule has 15 N–H and O–H groups in total. The molecule has 2 heterocycles. The van der Waals surface area contributed by atoms with Crippen LogP contribution in [-0.2, 0) is 124 Å². The number of ether oxygens (including phenoxy) is 6. The normalized spacial score (nSPS) is 16.8. The maximum Gasteiger partial charge on any atom is 0.408 e.